The first kappa shape index (κ1) is 13.7. The molecule has 0 fully saturated rings. The quantitative estimate of drug-likeness (QED) is 0.857. The first-order valence-electron chi connectivity index (χ1n) is 6.78. The van der Waals surface area contributed by atoms with E-state index < -0.39 is 0 Å². The van der Waals surface area contributed by atoms with E-state index in [1.807, 2.05) is 0 Å². The van der Waals surface area contributed by atoms with Crippen molar-refractivity contribution in [3.05, 3.63) is 41.2 Å². The van der Waals surface area contributed by atoms with Crippen LogP contribution in [-0.4, -0.2) is 26.8 Å². The molecule has 2 rings (SSSR count). The molecule has 0 saturated heterocycles. The topological polar surface area (TPSA) is 55.6 Å². The van der Waals surface area contributed by atoms with E-state index in [2.05, 4.69) is 58.8 Å². The molecule has 19 heavy (non-hydrogen) atoms. The van der Waals surface area contributed by atoms with Gasteiger partial charge < -0.3 is 5.32 Å². The maximum Gasteiger partial charge on any atom is 0.176 e. The Labute approximate surface area is 114 Å². The lowest BCUT2D eigenvalue weighted by Crippen LogP contribution is -2.24. The zero-order chi connectivity index (χ0) is 13.7. The van der Waals surface area contributed by atoms with Gasteiger partial charge >= 0.3 is 0 Å². The summed E-state index contributed by atoms with van der Waals surface area (Å²) in [6.07, 6.45) is 1.80. The summed E-state index contributed by atoms with van der Waals surface area (Å²) < 4.78 is 0. The molecule has 1 atom stereocenters. The Morgan fingerprint density at radius 2 is 2.05 bits per heavy atom. The van der Waals surface area contributed by atoms with Crippen molar-refractivity contribution < 1.29 is 0 Å². The molecule has 0 spiro atoms. The number of rotatable bonds is 6. The second kappa shape index (κ2) is 6.43. The van der Waals surface area contributed by atoms with Crippen molar-refractivity contribution in [2.24, 2.45) is 7.05 Å². The average Bonchev–Trinajstić information content (AvgIpc) is 2.84. The summed E-state index contributed by atoms with van der Waals surface area (Å²) in [5, 5.41) is 15.8. The molecule has 1 unspecified atom stereocenters. The van der Waals surface area contributed by atoms with Crippen molar-refractivity contribution in [2.45, 2.75) is 32.7 Å². The summed E-state index contributed by atoms with van der Waals surface area (Å²) in [4.78, 5) is 1.50. The minimum absolute atomic E-state index is 0.241. The van der Waals surface area contributed by atoms with Crippen molar-refractivity contribution in [3.8, 4) is 0 Å². The van der Waals surface area contributed by atoms with E-state index in [9.17, 15) is 0 Å². The predicted octanol–water partition coefficient (Wildman–Crippen LogP) is 1.67. The molecule has 0 aliphatic heterocycles. The van der Waals surface area contributed by atoms with Gasteiger partial charge in [0.15, 0.2) is 5.82 Å². The van der Waals surface area contributed by atoms with E-state index in [-0.39, 0.29) is 6.04 Å². The van der Waals surface area contributed by atoms with Gasteiger partial charge in [0.2, 0.25) is 0 Å². The van der Waals surface area contributed by atoms with Gasteiger partial charge in [-0.3, -0.25) is 0 Å². The number of likely N-dealkylation sites (N-methyl/N-ethyl adjacent to an activating group) is 1. The zero-order valence-corrected chi connectivity index (χ0v) is 11.8. The highest BCUT2D eigenvalue weighted by Crippen LogP contribution is 2.21. The van der Waals surface area contributed by atoms with Gasteiger partial charge in [-0.1, -0.05) is 38.1 Å². The first-order valence-corrected chi connectivity index (χ1v) is 6.78. The Balaban J connectivity index is 2.23. The third-order valence-electron chi connectivity index (χ3n) is 3.20. The van der Waals surface area contributed by atoms with Gasteiger partial charge in [0.1, 0.15) is 0 Å². The normalized spacial score (nSPS) is 12.6. The summed E-state index contributed by atoms with van der Waals surface area (Å²) >= 11 is 0. The highest BCUT2D eigenvalue weighted by Gasteiger charge is 2.16. The van der Waals surface area contributed by atoms with Gasteiger partial charge in [0.05, 0.1) is 7.05 Å². The van der Waals surface area contributed by atoms with Crippen LogP contribution in [0.15, 0.2) is 24.3 Å². The van der Waals surface area contributed by atoms with Crippen LogP contribution in [0.4, 0.5) is 0 Å². The first-order chi connectivity index (χ1) is 9.24. The zero-order valence-electron chi connectivity index (χ0n) is 11.8. The lowest BCUT2D eigenvalue weighted by Gasteiger charge is -2.19. The third-order valence-corrected chi connectivity index (χ3v) is 3.20. The Bertz CT molecular complexity index is 520. The molecule has 1 aromatic carbocycles. The lowest BCUT2D eigenvalue weighted by molar-refractivity contribution is 0.531. The fourth-order valence-corrected chi connectivity index (χ4v) is 2.32. The number of nitrogens with zero attached hydrogens (tertiary/aromatic N) is 4. The molecule has 1 aromatic heterocycles. The Hall–Kier alpha value is -1.75. The SMILES string of the molecule is CCNC(Cc1nnn(C)n1)c1ccccc1CC. The van der Waals surface area contributed by atoms with E-state index >= 15 is 0 Å². The van der Waals surface area contributed by atoms with E-state index in [4.69, 9.17) is 0 Å². The van der Waals surface area contributed by atoms with E-state index in [0.717, 1.165) is 25.2 Å². The molecule has 2 aromatic rings. The van der Waals surface area contributed by atoms with Gasteiger partial charge in [-0.2, -0.15) is 4.80 Å². The number of nitrogens with one attached hydrogen (secondary N) is 1. The van der Waals surface area contributed by atoms with E-state index in [1.165, 1.54) is 15.9 Å². The monoisotopic (exact) mass is 259 g/mol. The number of tetrazole rings is 1. The number of benzene rings is 1. The molecular formula is C14H21N5. The maximum absolute atomic E-state index is 4.27. The van der Waals surface area contributed by atoms with Crippen LogP contribution in [0.2, 0.25) is 0 Å². The highest BCUT2D eigenvalue weighted by atomic mass is 15.6. The van der Waals surface area contributed by atoms with Crippen molar-refractivity contribution in [1.82, 2.24) is 25.5 Å². The highest BCUT2D eigenvalue weighted by molar-refractivity contribution is 5.30. The molecular weight excluding hydrogens is 238 g/mol. The molecule has 5 nitrogen and oxygen atoms in total. The molecule has 1 heterocycles. The third kappa shape index (κ3) is 3.38. The fourth-order valence-electron chi connectivity index (χ4n) is 2.32. The van der Waals surface area contributed by atoms with Crippen molar-refractivity contribution in [1.29, 1.82) is 0 Å². The summed E-state index contributed by atoms with van der Waals surface area (Å²) in [7, 11) is 1.79. The van der Waals surface area contributed by atoms with Crippen LogP contribution < -0.4 is 5.32 Å². The summed E-state index contributed by atoms with van der Waals surface area (Å²) in [6, 6.07) is 8.78. The fraction of sp³-hybridized carbons (Fsp3) is 0.500. The van der Waals surface area contributed by atoms with Gasteiger partial charge in [-0.25, -0.2) is 0 Å². The van der Waals surface area contributed by atoms with Crippen molar-refractivity contribution in [3.63, 3.8) is 0 Å². The number of aromatic nitrogens is 4. The van der Waals surface area contributed by atoms with Crippen LogP contribution in [0.25, 0.3) is 0 Å². The van der Waals surface area contributed by atoms with Crippen LogP contribution in [-0.2, 0) is 19.9 Å². The molecule has 0 aliphatic carbocycles. The standard InChI is InChI=1S/C14H21N5/c1-4-11-8-6-7-9-12(11)13(15-5-2)10-14-16-18-19(3)17-14/h6-9,13,15H,4-5,10H2,1-3H3. The Morgan fingerprint density at radius 3 is 2.68 bits per heavy atom. The molecule has 0 saturated carbocycles. The summed E-state index contributed by atoms with van der Waals surface area (Å²) in [5.74, 6) is 0.777. The predicted molar refractivity (Wildman–Crippen MR) is 74.7 cm³/mol. The Morgan fingerprint density at radius 1 is 1.26 bits per heavy atom. The smallest absolute Gasteiger partial charge is 0.176 e. The molecule has 5 heteroatoms. The van der Waals surface area contributed by atoms with E-state index in [0.29, 0.717) is 0 Å². The van der Waals surface area contributed by atoms with Crippen LogP contribution in [0.5, 0.6) is 0 Å². The number of hydrogen-bond donors (Lipinski definition) is 1. The largest absolute Gasteiger partial charge is 0.310 e. The Kier molecular flexibility index (Phi) is 4.63. The lowest BCUT2D eigenvalue weighted by atomic mass is 9.96. The minimum Gasteiger partial charge on any atom is -0.310 e. The average molecular weight is 259 g/mol. The molecule has 1 N–H and O–H groups in total. The summed E-state index contributed by atoms with van der Waals surface area (Å²) in [6.45, 7) is 5.22. The van der Waals surface area contributed by atoms with Crippen molar-refractivity contribution in [2.75, 3.05) is 6.54 Å². The molecule has 0 radical (unpaired) electrons. The number of aryl methyl sites for hydroxylation is 2. The van der Waals surface area contributed by atoms with Gasteiger partial charge in [-0.15, -0.1) is 10.2 Å². The van der Waals surface area contributed by atoms with Gasteiger partial charge in [-0.05, 0) is 29.3 Å². The molecule has 0 aliphatic rings. The van der Waals surface area contributed by atoms with Crippen LogP contribution in [0.1, 0.15) is 36.8 Å². The minimum atomic E-state index is 0.241. The molecule has 0 amide bonds. The van der Waals surface area contributed by atoms with Crippen LogP contribution in [0.3, 0.4) is 0 Å². The van der Waals surface area contributed by atoms with Crippen molar-refractivity contribution >= 4 is 0 Å². The molecule has 0 bridgehead atoms. The summed E-state index contributed by atoms with van der Waals surface area (Å²) in [5.41, 5.74) is 2.71. The van der Waals surface area contributed by atoms with Gasteiger partial charge in [0, 0.05) is 12.5 Å². The van der Waals surface area contributed by atoms with Gasteiger partial charge in [0.25, 0.3) is 0 Å². The number of hydrogen-bond acceptors (Lipinski definition) is 4. The second-order valence-electron chi connectivity index (χ2n) is 4.56. The molecule has 102 valence electrons. The van der Waals surface area contributed by atoms with Crippen LogP contribution >= 0.6 is 0 Å². The second-order valence-corrected chi connectivity index (χ2v) is 4.56. The van der Waals surface area contributed by atoms with Crippen LogP contribution in [0, 0.1) is 0 Å². The maximum atomic E-state index is 4.27. The van der Waals surface area contributed by atoms with E-state index in [1.54, 1.807) is 7.05 Å².